The van der Waals surface area contributed by atoms with Gasteiger partial charge in [-0.05, 0) is 13.0 Å². The highest BCUT2D eigenvalue weighted by Gasteiger charge is 2.12. The lowest BCUT2D eigenvalue weighted by Gasteiger charge is -1.93. The van der Waals surface area contributed by atoms with Crippen molar-refractivity contribution in [1.82, 2.24) is 0 Å². The predicted molar refractivity (Wildman–Crippen MR) is 55.9 cm³/mol. The molecule has 4 nitrogen and oxygen atoms in total. The molecule has 0 aromatic heterocycles. The van der Waals surface area contributed by atoms with Crippen LogP contribution in [0.1, 0.15) is 6.92 Å². The summed E-state index contributed by atoms with van der Waals surface area (Å²) in [6.45, 7) is 1.70. The van der Waals surface area contributed by atoms with Gasteiger partial charge < -0.3 is 5.11 Å². The molecular weight excluding hydrogens is 248 g/mol. The molecule has 1 N–H and O–H groups in total. The van der Waals surface area contributed by atoms with Crippen molar-refractivity contribution in [1.29, 1.82) is 0 Å². The molecule has 1 aromatic rings. The van der Waals surface area contributed by atoms with E-state index in [1.807, 2.05) is 0 Å². The van der Waals surface area contributed by atoms with Gasteiger partial charge in [0, 0.05) is 12.1 Å². The van der Waals surface area contributed by atoms with Crippen LogP contribution in [0.5, 0.6) is 5.75 Å². The highest BCUT2D eigenvalue weighted by molar-refractivity contribution is 6.43. The van der Waals surface area contributed by atoms with Crippen molar-refractivity contribution in [2.75, 3.05) is 0 Å². The Morgan fingerprint density at radius 2 is 2.00 bits per heavy atom. The number of nitro benzene ring substituents is 1. The molecule has 0 saturated carbocycles. The lowest BCUT2D eigenvalue weighted by Crippen LogP contribution is -1.88. The molecular formula is C8H8Cl2FNO3. The second kappa shape index (κ2) is 6.42. The van der Waals surface area contributed by atoms with Gasteiger partial charge in [-0.2, -0.15) is 0 Å². The van der Waals surface area contributed by atoms with Gasteiger partial charge in [-0.1, -0.05) is 0 Å². The summed E-state index contributed by atoms with van der Waals surface area (Å²) < 4.78 is 12.2. The van der Waals surface area contributed by atoms with Crippen molar-refractivity contribution < 1.29 is 14.4 Å². The summed E-state index contributed by atoms with van der Waals surface area (Å²) in [7, 11) is 0. The monoisotopic (exact) mass is 255 g/mol. The van der Waals surface area contributed by atoms with E-state index in [1.54, 1.807) is 6.92 Å². The average Bonchev–Trinajstić information content (AvgIpc) is 2.01. The van der Waals surface area contributed by atoms with Gasteiger partial charge in [0.25, 0.3) is 0 Å². The third kappa shape index (κ3) is 6.09. The first-order chi connectivity index (χ1) is 6.84. The minimum atomic E-state index is -0.783. The molecule has 1 rings (SSSR count). The molecule has 84 valence electrons. The number of phenols is 1. The second-order valence-electron chi connectivity index (χ2n) is 2.41. The van der Waals surface area contributed by atoms with Crippen molar-refractivity contribution in [3.05, 3.63) is 34.1 Å². The maximum absolute atomic E-state index is 12.2. The van der Waals surface area contributed by atoms with Crippen LogP contribution in [0.2, 0.25) is 0 Å². The number of aromatic hydroxyl groups is 1. The number of nitrogens with zero attached hydrogens (tertiary/aromatic N) is 1. The molecule has 0 aliphatic rings. The Hall–Kier alpha value is -1.07. The molecule has 1 aromatic carbocycles. The number of hydrogen-bond donors (Lipinski definition) is 1. The number of phenolic OH excluding ortho intramolecular Hbond substituents is 1. The van der Waals surface area contributed by atoms with Crippen LogP contribution in [0.25, 0.3) is 0 Å². The minimum absolute atomic E-state index is 0.222. The zero-order valence-electron chi connectivity index (χ0n) is 7.65. The second-order valence-corrected chi connectivity index (χ2v) is 3.94. The number of alkyl halides is 2. The summed E-state index contributed by atoms with van der Waals surface area (Å²) in [5.41, 5.74) is -0.494. The Morgan fingerprint density at radius 1 is 1.53 bits per heavy atom. The minimum Gasteiger partial charge on any atom is -0.502 e. The number of benzene rings is 1. The zero-order chi connectivity index (χ0) is 12.0. The zero-order valence-corrected chi connectivity index (χ0v) is 9.17. The van der Waals surface area contributed by atoms with Gasteiger partial charge in [-0.3, -0.25) is 10.1 Å². The predicted octanol–water partition coefficient (Wildman–Crippen LogP) is 3.25. The van der Waals surface area contributed by atoms with E-state index >= 15 is 0 Å². The first kappa shape index (κ1) is 13.9. The topological polar surface area (TPSA) is 63.4 Å². The number of hydrogen-bond acceptors (Lipinski definition) is 3. The van der Waals surface area contributed by atoms with Gasteiger partial charge in [0.15, 0.2) is 5.75 Å². The molecule has 0 fully saturated rings. The van der Waals surface area contributed by atoms with Crippen molar-refractivity contribution in [2.45, 2.75) is 11.8 Å². The maximum atomic E-state index is 12.2. The highest BCUT2D eigenvalue weighted by atomic mass is 35.5. The third-order valence-corrected chi connectivity index (χ3v) is 1.13. The first-order valence-corrected chi connectivity index (χ1v) is 4.63. The third-order valence-electron chi connectivity index (χ3n) is 1.13. The van der Waals surface area contributed by atoms with Crippen LogP contribution in [0.15, 0.2) is 18.2 Å². The molecule has 0 radical (unpaired) electrons. The van der Waals surface area contributed by atoms with Crippen molar-refractivity contribution in [2.24, 2.45) is 0 Å². The molecule has 0 bridgehead atoms. The lowest BCUT2D eigenvalue weighted by atomic mass is 10.3. The maximum Gasteiger partial charge on any atom is 0.310 e. The molecule has 0 spiro atoms. The van der Waals surface area contributed by atoms with E-state index in [0.29, 0.717) is 6.07 Å². The summed E-state index contributed by atoms with van der Waals surface area (Å²) in [6, 6.07) is 2.51. The average molecular weight is 256 g/mol. The van der Waals surface area contributed by atoms with Crippen LogP contribution in [0.4, 0.5) is 10.1 Å². The number of halogens is 3. The molecule has 0 atom stereocenters. The van der Waals surface area contributed by atoms with Crippen LogP contribution in [-0.2, 0) is 0 Å². The van der Waals surface area contributed by atoms with Crippen LogP contribution < -0.4 is 0 Å². The summed E-state index contributed by atoms with van der Waals surface area (Å²) in [4.78, 5) is 9.05. The van der Waals surface area contributed by atoms with Gasteiger partial charge in [-0.25, -0.2) is 4.39 Å². The van der Waals surface area contributed by atoms with E-state index < -0.39 is 22.2 Å². The SMILES string of the molecule is CC(Cl)Cl.O=[N+]([O-])c1ccc(F)cc1O. The fraction of sp³-hybridized carbons (Fsp3) is 0.250. The molecule has 0 heterocycles. The number of rotatable bonds is 1. The smallest absolute Gasteiger partial charge is 0.310 e. The van der Waals surface area contributed by atoms with Crippen LogP contribution in [0, 0.1) is 15.9 Å². The molecule has 15 heavy (non-hydrogen) atoms. The summed E-state index contributed by atoms with van der Waals surface area (Å²) in [6.07, 6.45) is 0. The van der Waals surface area contributed by atoms with E-state index in [2.05, 4.69) is 0 Å². The molecule has 0 amide bonds. The van der Waals surface area contributed by atoms with Crippen LogP contribution in [0.3, 0.4) is 0 Å². The van der Waals surface area contributed by atoms with Gasteiger partial charge in [0.1, 0.15) is 10.7 Å². The van der Waals surface area contributed by atoms with Gasteiger partial charge in [0.2, 0.25) is 0 Å². The Labute approximate surface area is 95.4 Å². The normalized spacial score (nSPS) is 9.40. The fourth-order valence-corrected chi connectivity index (χ4v) is 0.651. The summed E-state index contributed by atoms with van der Waals surface area (Å²) >= 11 is 10.1. The summed E-state index contributed by atoms with van der Waals surface area (Å²) in [5.74, 6) is -1.36. The molecule has 0 unspecified atom stereocenters. The lowest BCUT2D eigenvalue weighted by molar-refractivity contribution is -0.385. The van der Waals surface area contributed by atoms with Crippen LogP contribution >= 0.6 is 23.2 Å². The van der Waals surface area contributed by atoms with Crippen molar-refractivity contribution >= 4 is 28.9 Å². The fourth-order valence-electron chi connectivity index (χ4n) is 0.651. The quantitative estimate of drug-likeness (QED) is 0.476. The van der Waals surface area contributed by atoms with Crippen LogP contribution in [-0.4, -0.2) is 14.9 Å². The molecule has 0 aliphatic carbocycles. The summed E-state index contributed by atoms with van der Waals surface area (Å²) in [5, 5.41) is 18.8. The number of nitro groups is 1. The van der Waals surface area contributed by atoms with E-state index in [0.717, 1.165) is 12.1 Å². The molecule has 7 heteroatoms. The Kier molecular flexibility index (Phi) is 5.96. The van der Waals surface area contributed by atoms with Crippen molar-refractivity contribution in [3.8, 4) is 5.75 Å². The Balaban J connectivity index is 0.000000423. The van der Waals surface area contributed by atoms with E-state index in [1.165, 1.54) is 0 Å². The van der Waals surface area contributed by atoms with Gasteiger partial charge >= 0.3 is 5.69 Å². The van der Waals surface area contributed by atoms with Gasteiger partial charge in [-0.15, -0.1) is 23.2 Å². The molecule has 0 saturated heterocycles. The van der Waals surface area contributed by atoms with Gasteiger partial charge in [0.05, 0.1) is 4.92 Å². The Bertz CT molecular complexity index is 344. The highest BCUT2D eigenvalue weighted by Crippen LogP contribution is 2.25. The largest absolute Gasteiger partial charge is 0.502 e. The standard InChI is InChI=1S/C6H4FNO3.C2H4Cl2/c7-4-1-2-5(8(10)11)6(9)3-4;1-2(3)4/h1-3,9H;2H,1H3. The van der Waals surface area contributed by atoms with Crippen molar-refractivity contribution in [3.63, 3.8) is 0 Å². The Morgan fingerprint density at radius 3 is 2.33 bits per heavy atom. The van der Waals surface area contributed by atoms with E-state index in [4.69, 9.17) is 28.3 Å². The van der Waals surface area contributed by atoms with E-state index in [-0.39, 0.29) is 4.84 Å². The van der Waals surface area contributed by atoms with E-state index in [9.17, 15) is 14.5 Å². The molecule has 0 aliphatic heterocycles. The first-order valence-electron chi connectivity index (χ1n) is 3.75.